The molecule has 0 saturated carbocycles. The van der Waals surface area contributed by atoms with Gasteiger partial charge in [-0.1, -0.05) is 35.5 Å². The fraction of sp³-hybridized carbons (Fsp3) is 0.238. The van der Waals surface area contributed by atoms with Crippen LogP contribution in [-0.4, -0.2) is 65.0 Å². The van der Waals surface area contributed by atoms with Crippen LogP contribution in [-0.2, 0) is 14.8 Å². The van der Waals surface area contributed by atoms with Crippen molar-refractivity contribution in [3.05, 3.63) is 71.8 Å². The first kappa shape index (κ1) is 22.8. The van der Waals surface area contributed by atoms with Crippen LogP contribution >= 0.6 is 23.4 Å². The van der Waals surface area contributed by atoms with E-state index in [0.717, 1.165) is 11.8 Å². The van der Waals surface area contributed by atoms with Gasteiger partial charge in [-0.3, -0.25) is 9.36 Å². The summed E-state index contributed by atoms with van der Waals surface area (Å²) in [7, 11) is -3.80. The Hall–Kier alpha value is -2.40. The minimum Gasteiger partial charge on any atom is -0.339 e. The summed E-state index contributed by atoms with van der Waals surface area (Å²) in [4.78, 5) is 18.6. The SMILES string of the molecule is O=C(CSc1nccn1-c1cccc(Cl)c1)N1CCN(S(=O)(=O)c2cccc(F)c2)CC1. The van der Waals surface area contributed by atoms with Gasteiger partial charge in [0.05, 0.1) is 10.6 Å². The van der Waals surface area contributed by atoms with Crippen molar-refractivity contribution in [3.8, 4) is 5.69 Å². The predicted octanol–water partition coefficient (Wildman–Crippen LogP) is 3.29. The molecule has 0 aliphatic carbocycles. The number of carbonyl (C=O) groups excluding carboxylic acids is 1. The molecule has 0 N–H and O–H groups in total. The minimum atomic E-state index is -3.80. The van der Waals surface area contributed by atoms with Crippen LogP contribution in [0.4, 0.5) is 4.39 Å². The third-order valence-corrected chi connectivity index (χ3v) is 8.12. The molecule has 7 nitrogen and oxygen atoms in total. The van der Waals surface area contributed by atoms with Crippen molar-refractivity contribution in [1.29, 1.82) is 0 Å². The Kier molecular flexibility index (Phi) is 6.85. The molecule has 1 fully saturated rings. The van der Waals surface area contributed by atoms with Gasteiger partial charge in [-0.25, -0.2) is 17.8 Å². The van der Waals surface area contributed by atoms with Crippen molar-refractivity contribution in [3.63, 3.8) is 0 Å². The van der Waals surface area contributed by atoms with Crippen LogP contribution in [0.2, 0.25) is 5.02 Å². The van der Waals surface area contributed by atoms with Gasteiger partial charge in [0.2, 0.25) is 15.9 Å². The van der Waals surface area contributed by atoms with E-state index in [0.29, 0.717) is 10.2 Å². The number of amides is 1. The van der Waals surface area contributed by atoms with E-state index >= 15 is 0 Å². The van der Waals surface area contributed by atoms with Gasteiger partial charge in [0.25, 0.3) is 0 Å². The monoisotopic (exact) mass is 494 g/mol. The number of thioether (sulfide) groups is 1. The summed E-state index contributed by atoms with van der Waals surface area (Å²) in [6.07, 6.45) is 3.46. The number of aromatic nitrogens is 2. The molecule has 11 heteroatoms. The molecule has 3 aromatic rings. The Morgan fingerprint density at radius 1 is 1.09 bits per heavy atom. The van der Waals surface area contributed by atoms with Crippen LogP contribution in [0.1, 0.15) is 0 Å². The number of hydrogen-bond donors (Lipinski definition) is 0. The van der Waals surface area contributed by atoms with Crippen molar-refractivity contribution in [1.82, 2.24) is 18.8 Å². The van der Waals surface area contributed by atoms with Crippen molar-refractivity contribution in [2.45, 2.75) is 10.1 Å². The summed E-state index contributed by atoms with van der Waals surface area (Å²) in [5, 5.41) is 1.27. The molecule has 0 bridgehead atoms. The highest BCUT2D eigenvalue weighted by Gasteiger charge is 2.30. The van der Waals surface area contributed by atoms with Crippen LogP contribution in [0.15, 0.2) is 71.0 Å². The number of halogens is 2. The Morgan fingerprint density at radius 3 is 2.56 bits per heavy atom. The first-order valence-electron chi connectivity index (χ1n) is 9.80. The molecule has 1 aliphatic rings. The molecule has 32 heavy (non-hydrogen) atoms. The maximum Gasteiger partial charge on any atom is 0.243 e. The molecule has 168 valence electrons. The lowest BCUT2D eigenvalue weighted by atomic mass is 10.3. The van der Waals surface area contributed by atoms with Crippen LogP contribution in [0.25, 0.3) is 5.69 Å². The highest BCUT2D eigenvalue weighted by molar-refractivity contribution is 7.99. The third-order valence-electron chi connectivity index (χ3n) is 5.04. The Morgan fingerprint density at radius 2 is 1.84 bits per heavy atom. The molecule has 1 amide bonds. The second-order valence-electron chi connectivity index (χ2n) is 7.09. The first-order valence-corrected chi connectivity index (χ1v) is 12.6. The number of hydrogen-bond acceptors (Lipinski definition) is 5. The first-order chi connectivity index (χ1) is 15.3. The summed E-state index contributed by atoms with van der Waals surface area (Å²) in [6, 6.07) is 12.3. The highest BCUT2D eigenvalue weighted by Crippen LogP contribution is 2.23. The van der Waals surface area contributed by atoms with Crippen molar-refractivity contribution in [2.75, 3.05) is 31.9 Å². The van der Waals surface area contributed by atoms with E-state index < -0.39 is 15.8 Å². The Balaban J connectivity index is 1.35. The molecule has 2 aromatic carbocycles. The van der Waals surface area contributed by atoms with E-state index in [2.05, 4.69) is 4.98 Å². The van der Waals surface area contributed by atoms with E-state index in [4.69, 9.17) is 11.6 Å². The number of sulfonamides is 1. The standard InChI is InChI=1S/C21H20ClFN4O3S2/c22-16-3-1-5-18(13-16)27-8-7-24-21(27)31-15-20(28)25-9-11-26(12-10-25)32(29,30)19-6-2-4-17(23)14-19/h1-8,13-14H,9-12,15H2. The fourth-order valence-electron chi connectivity index (χ4n) is 3.39. The number of imidazole rings is 1. The molecule has 0 unspecified atom stereocenters. The van der Waals surface area contributed by atoms with Gasteiger partial charge < -0.3 is 4.90 Å². The normalized spacial score (nSPS) is 15.1. The molecule has 1 aliphatic heterocycles. The topological polar surface area (TPSA) is 75.5 Å². The molecule has 0 atom stereocenters. The van der Waals surface area contributed by atoms with Crippen LogP contribution in [0.5, 0.6) is 0 Å². The number of benzene rings is 2. The van der Waals surface area contributed by atoms with Crippen molar-refractivity contribution < 1.29 is 17.6 Å². The quantitative estimate of drug-likeness (QED) is 0.491. The summed E-state index contributed by atoms with van der Waals surface area (Å²) in [5.41, 5.74) is 0.848. The lowest BCUT2D eigenvalue weighted by Crippen LogP contribution is -2.51. The number of nitrogens with zero attached hydrogens (tertiary/aromatic N) is 4. The summed E-state index contributed by atoms with van der Waals surface area (Å²) < 4.78 is 42.0. The van der Waals surface area contributed by atoms with Gasteiger partial charge in [-0.2, -0.15) is 4.31 Å². The van der Waals surface area contributed by atoms with Gasteiger partial charge >= 0.3 is 0 Å². The van der Waals surface area contributed by atoms with E-state index in [1.807, 2.05) is 22.8 Å². The smallest absolute Gasteiger partial charge is 0.243 e. The van der Waals surface area contributed by atoms with Crippen molar-refractivity contribution >= 4 is 39.3 Å². The van der Waals surface area contributed by atoms with Gasteiger partial charge in [-0.05, 0) is 36.4 Å². The Labute approximate surface area is 194 Å². The zero-order valence-corrected chi connectivity index (χ0v) is 19.3. The van der Waals surface area contributed by atoms with Gasteiger partial charge in [-0.15, -0.1) is 0 Å². The third kappa shape index (κ3) is 4.98. The second-order valence-corrected chi connectivity index (χ2v) is 10.4. The number of piperazine rings is 1. The van der Waals surface area contributed by atoms with Gasteiger partial charge in [0.15, 0.2) is 5.16 Å². The van der Waals surface area contributed by atoms with E-state index in [-0.39, 0.29) is 42.7 Å². The number of rotatable bonds is 6. The van der Waals surface area contributed by atoms with Crippen LogP contribution in [0, 0.1) is 5.82 Å². The van der Waals surface area contributed by atoms with Gasteiger partial charge in [0.1, 0.15) is 5.82 Å². The van der Waals surface area contributed by atoms with E-state index in [1.165, 1.54) is 34.3 Å². The molecule has 0 radical (unpaired) electrons. The predicted molar refractivity (Wildman–Crippen MR) is 121 cm³/mol. The second kappa shape index (κ2) is 9.62. The Bertz CT molecular complexity index is 1230. The van der Waals surface area contributed by atoms with Crippen LogP contribution < -0.4 is 0 Å². The molecule has 4 rings (SSSR count). The molecule has 1 saturated heterocycles. The van der Waals surface area contributed by atoms with E-state index in [1.54, 1.807) is 23.4 Å². The average molecular weight is 495 g/mol. The lowest BCUT2D eigenvalue weighted by molar-refractivity contribution is -0.129. The summed E-state index contributed by atoms with van der Waals surface area (Å²) >= 11 is 7.37. The molecule has 1 aromatic heterocycles. The lowest BCUT2D eigenvalue weighted by Gasteiger charge is -2.34. The molecule has 0 spiro atoms. The van der Waals surface area contributed by atoms with Crippen LogP contribution in [0.3, 0.4) is 0 Å². The molecule has 2 heterocycles. The zero-order valence-electron chi connectivity index (χ0n) is 16.9. The molecular weight excluding hydrogens is 475 g/mol. The van der Waals surface area contributed by atoms with Crippen molar-refractivity contribution in [2.24, 2.45) is 0 Å². The summed E-state index contributed by atoms with van der Waals surface area (Å²) in [5.74, 6) is -0.527. The largest absolute Gasteiger partial charge is 0.339 e. The maximum atomic E-state index is 13.4. The fourth-order valence-corrected chi connectivity index (χ4v) is 5.91. The van der Waals surface area contributed by atoms with E-state index in [9.17, 15) is 17.6 Å². The summed E-state index contributed by atoms with van der Waals surface area (Å²) in [6.45, 7) is 0.867. The average Bonchev–Trinajstić information content (AvgIpc) is 3.26. The highest BCUT2D eigenvalue weighted by atomic mass is 35.5. The number of carbonyl (C=O) groups is 1. The minimum absolute atomic E-state index is 0.0827. The van der Waals surface area contributed by atoms with Gasteiger partial charge in [0, 0.05) is 49.3 Å². The molecular formula is C21H20ClFN4O3S2. The maximum absolute atomic E-state index is 13.4. The zero-order chi connectivity index (χ0) is 22.7.